The van der Waals surface area contributed by atoms with E-state index in [-0.39, 0.29) is 6.04 Å². The molecule has 0 spiro atoms. The van der Waals surface area contributed by atoms with E-state index in [0.29, 0.717) is 5.11 Å². The Hall–Kier alpha value is -2.33. The molecule has 2 N–H and O–H groups in total. The third kappa shape index (κ3) is 2.07. The lowest BCUT2D eigenvalue weighted by Crippen LogP contribution is -2.42. The smallest absolute Gasteiger partial charge is 0.171 e. The second kappa shape index (κ2) is 5.14. The molecule has 1 aliphatic carbocycles. The Bertz CT molecular complexity index is 780. The number of hydrogen-bond acceptors (Lipinski definition) is 2. The van der Waals surface area contributed by atoms with Crippen molar-refractivity contribution in [1.82, 2.24) is 10.6 Å². The van der Waals surface area contributed by atoms with Gasteiger partial charge in [-0.1, -0.05) is 36.4 Å². The first-order valence-electron chi connectivity index (χ1n) is 7.29. The topological polar surface area (TPSA) is 33.3 Å². The molecule has 4 heteroatoms. The first kappa shape index (κ1) is 13.3. The molecule has 0 amide bonds. The molecule has 0 aromatic heterocycles. The number of rotatable bonds is 2. The van der Waals surface area contributed by atoms with Crippen molar-refractivity contribution >= 4 is 23.0 Å². The van der Waals surface area contributed by atoms with Crippen LogP contribution in [-0.4, -0.2) is 12.2 Å². The normalized spacial score (nSPS) is 19.1. The number of benzene rings is 2. The van der Waals surface area contributed by atoms with Crippen molar-refractivity contribution < 1.29 is 4.74 Å². The molecule has 0 bridgehead atoms. The monoisotopic (exact) mass is 308 g/mol. The van der Waals surface area contributed by atoms with Crippen LogP contribution in [0, 0.1) is 0 Å². The highest BCUT2D eigenvalue weighted by molar-refractivity contribution is 7.80. The Morgan fingerprint density at radius 3 is 2.64 bits per heavy atom. The summed E-state index contributed by atoms with van der Waals surface area (Å²) in [6, 6.07) is 16.8. The van der Waals surface area contributed by atoms with Gasteiger partial charge in [0.1, 0.15) is 5.75 Å². The van der Waals surface area contributed by atoms with E-state index < -0.39 is 0 Å². The minimum absolute atomic E-state index is 0.113. The van der Waals surface area contributed by atoms with Crippen LogP contribution in [0.2, 0.25) is 0 Å². The van der Waals surface area contributed by atoms with E-state index in [0.717, 1.165) is 12.2 Å². The van der Waals surface area contributed by atoms with E-state index in [9.17, 15) is 0 Å². The average Bonchev–Trinajstić information content (AvgIpc) is 2.93. The van der Waals surface area contributed by atoms with Crippen molar-refractivity contribution in [1.29, 1.82) is 0 Å². The van der Waals surface area contributed by atoms with Gasteiger partial charge in [-0.05, 0) is 47.5 Å². The van der Waals surface area contributed by atoms with E-state index in [1.54, 1.807) is 7.11 Å². The minimum Gasteiger partial charge on any atom is -0.497 e. The first-order chi connectivity index (χ1) is 10.8. The van der Waals surface area contributed by atoms with Crippen LogP contribution in [0.5, 0.6) is 5.75 Å². The molecule has 1 heterocycles. The summed E-state index contributed by atoms with van der Waals surface area (Å²) in [7, 11) is 1.68. The molecule has 4 rings (SSSR count). The SMILES string of the molecule is COc1ccc(C2NC(=S)NC3=C2Cc2ccccc23)cc1. The van der Waals surface area contributed by atoms with E-state index in [4.69, 9.17) is 17.0 Å². The van der Waals surface area contributed by atoms with E-state index in [1.807, 2.05) is 12.1 Å². The zero-order valence-corrected chi connectivity index (χ0v) is 13.0. The Morgan fingerprint density at radius 2 is 1.86 bits per heavy atom. The number of nitrogens with one attached hydrogen (secondary N) is 2. The van der Waals surface area contributed by atoms with Crippen LogP contribution in [0.4, 0.5) is 0 Å². The number of methoxy groups -OCH3 is 1. The summed E-state index contributed by atoms with van der Waals surface area (Å²) in [4.78, 5) is 0. The fourth-order valence-corrected chi connectivity index (χ4v) is 3.45. The summed E-state index contributed by atoms with van der Waals surface area (Å²) in [5, 5.41) is 7.41. The Kier molecular flexibility index (Phi) is 3.12. The van der Waals surface area contributed by atoms with Crippen LogP contribution >= 0.6 is 12.2 Å². The van der Waals surface area contributed by atoms with Gasteiger partial charge in [-0.2, -0.15) is 0 Å². The van der Waals surface area contributed by atoms with E-state index >= 15 is 0 Å². The number of thiocarbonyl (C=S) groups is 1. The van der Waals surface area contributed by atoms with Crippen LogP contribution in [0.3, 0.4) is 0 Å². The summed E-state index contributed by atoms with van der Waals surface area (Å²) in [6.45, 7) is 0. The van der Waals surface area contributed by atoms with E-state index in [2.05, 4.69) is 47.0 Å². The Morgan fingerprint density at radius 1 is 1.09 bits per heavy atom. The maximum atomic E-state index is 5.40. The van der Waals surface area contributed by atoms with Gasteiger partial charge in [-0.3, -0.25) is 0 Å². The first-order valence-corrected chi connectivity index (χ1v) is 7.70. The maximum Gasteiger partial charge on any atom is 0.171 e. The largest absolute Gasteiger partial charge is 0.497 e. The van der Waals surface area contributed by atoms with Crippen LogP contribution in [-0.2, 0) is 6.42 Å². The number of fused-ring (bicyclic) bond motifs is 2. The second-order valence-corrected chi connectivity index (χ2v) is 5.95. The maximum absolute atomic E-state index is 5.40. The molecule has 3 nitrogen and oxygen atoms in total. The highest BCUT2D eigenvalue weighted by Crippen LogP contribution is 2.40. The molecule has 2 aliphatic rings. The highest BCUT2D eigenvalue weighted by atomic mass is 32.1. The molecule has 110 valence electrons. The van der Waals surface area contributed by atoms with Gasteiger partial charge in [0.2, 0.25) is 0 Å². The quantitative estimate of drug-likeness (QED) is 0.835. The van der Waals surface area contributed by atoms with Gasteiger partial charge in [0.15, 0.2) is 5.11 Å². The molecule has 0 saturated carbocycles. The van der Waals surface area contributed by atoms with Gasteiger partial charge in [-0.25, -0.2) is 0 Å². The average molecular weight is 308 g/mol. The third-order valence-electron chi connectivity index (χ3n) is 4.30. The molecule has 2 aromatic rings. The zero-order valence-electron chi connectivity index (χ0n) is 12.2. The fourth-order valence-electron chi connectivity index (χ4n) is 3.23. The summed E-state index contributed by atoms with van der Waals surface area (Å²) in [5.41, 5.74) is 6.33. The van der Waals surface area contributed by atoms with Crippen molar-refractivity contribution in [2.45, 2.75) is 12.5 Å². The van der Waals surface area contributed by atoms with Crippen molar-refractivity contribution in [2.75, 3.05) is 7.11 Å². The summed E-state index contributed by atoms with van der Waals surface area (Å²) in [6.07, 6.45) is 0.949. The zero-order chi connectivity index (χ0) is 15.1. The Balaban J connectivity index is 1.77. The van der Waals surface area contributed by atoms with Gasteiger partial charge in [0, 0.05) is 11.3 Å². The molecule has 0 saturated heterocycles. The third-order valence-corrected chi connectivity index (χ3v) is 4.52. The van der Waals surface area contributed by atoms with Crippen molar-refractivity contribution in [2.24, 2.45) is 0 Å². The van der Waals surface area contributed by atoms with Crippen molar-refractivity contribution in [3.63, 3.8) is 0 Å². The van der Waals surface area contributed by atoms with Crippen LogP contribution < -0.4 is 15.4 Å². The predicted molar refractivity (Wildman–Crippen MR) is 91.7 cm³/mol. The second-order valence-electron chi connectivity index (χ2n) is 5.54. The van der Waals surface area contributed by atoms with Crippen molar-refractivity contribution in [3.05, 3.63) is 70.8 Å². The lowest BCUT2D eigenvalue weighted by molar-refractivity contribution is 0.414. The fraction of sp³-hybridized carbons (Fsp3) is 0.167. The summed E-state index contributed by atoms with van der Waals surface area (Å²) >= 11 is 5.40. The Labute approximate surface area is 135 Å². The molecule has 22 heavy (non-hydrogen) atoms. The predicted octanol–water partition coefficient (Wildman–Crippen LogP) is 3.18. The minimum atomic E-state index is 0.113. The number of ether oxygens (including phenoxy) is 1. The molecule has 2 aromatic carbocycles. The highest BCUT2D eigenvalue weighted by Gasteiger charge is 2.32. The standard InChI is InChI=1S/C18H16N2OS/c1-21-13-8-6-11(7-9-13)16-15-10-12-4-2-3-5-14(12)17(15)20-18(22)19-16/h2-9,16H,10H2,1H3,(H2,19,20,22). The number of hydrogen-bond donors (Lipinski definition) is 2. The molecule has 1 atom stereocenters. The molecule has 0 radical (unpaired) electrons. The van der Waals surface area contributed by atoms with Crippen molar-refractivity contribution in [3.8, 4) is 5.75 Å². The molecule has 1 unspecified atom stereocenters. The molecular formula is C18H16N2OS. The molecule has 0 fully saturated rings. The lowest BCUT2D eigenvalue weighted by atomic mass is 9.95. The summed E-state index contributed by atoms with van der Waals surface area (Å²) < 4.78 is 5.24. The lowest BCUT2D eigenvalue weighted by Gasteiger charge is -2.29. The summed E-state index contributed by atoms with van der Waals surface area (Å²) in [5.74, 6) is 0.865. The van der Waals surface area contributed by atoms with Gasteiger partial charge >= 0.3 is 0 Å². The van der Waals surface area contributed by atoms with Crippen LogP contribution in [0.1, 0.15) is 22.7 Å². The van der Waals surface area contributed by atoms with Crippen LogP contribution in [0.15, 0.2) is 54.1 Å². The van der Waals surface area contributed by atoms with Gasteiger partial charge in [-0.15, -0.1) is 0 Å². The van der Waals surface area contributed by atoms with Gasteiger partial charge < -0.3 is 15.4 Å². The molecule has 1 aliphatic heterocycles. The van der Waals surface area contributed by atoms with E-state index in [1.165, 1.54) is 28.0 Å². The van der Waals surface area contributed by atoms with Crippen LogP contribution in [0.25, 0.3) is 5.70 Å². The van der Waals surface area contributed by atoms with Gasteiger partial charge in [0.05, 0.1) is 13.2 Å². The van der Waals surface area contributed by atoms with Gasteiger partial charge in [0.25, 0.3) is 0 Å². The molecular weight excluding hydrogens is 292 g/mol.